The predicted octanol–water partition coefficient (Wildman–Crippen LogP) is 3.72. The van der Waals surface area contributed by atoms with E-state index >= 15 is 0 Å². The largest absolute Gasteiger partial charge is 0.395 e. The molecule has 1 fully saturated rings. The minimum atomic E-state index is -0.466. The fourth-order valence-electron chi connectivity index (χ4n) is 2.94. The molecular weight excluding hydrogens is 379 g/mol. The first-order chi connectivity index (χ1) is 9.87. The molecule has 1 aliphatic heterocycles. The molecule has 0 amide bonds. The Bertz CT molecular complexity index is 449. The Balaban J connectivity index is 2.09. The number of hydrogen-bond donors (Lipinski definition) is 1. The van der Waals surface area contributed by atoms with Crippen molar-refractivity contribution in [2.75, 3.05) is 6.61 Å². The molecule has 0 aromatic heterocycles. The highest BCUT2D eigenvalue weighted by Crippen LogP contribution is 2.41. The normalized spacial score (nSPS) is 30.0. The number of alkyl halides is 1. The van der Waals surface area contributed by atoms with Gasteiger partial charge in [-0.3, -0.25) is 0 Å². The summed E-state index contributed by atoms with van der Waals surface area (Å²) in [6, 6.07) is 10.2. The summed E-state index contributed by atoms with van der Waals surface area (Å²) in [7, 11) is 0. The summed E-state index contributed by atoms with van der Waals surface area (Å²) in [5.74, 6) is 0. The van der Waals surface area contributed by atoms with Crippen molar-refractivity contribution in [3.8, 4) is 0 Å². The van der Waals surface area contributed by atoms with E-state index in [1.807, 2.05) is 18.2 Å². The first kappa shape index (κ1) is 17.2. The van der Waals surface area contributed by atoms with E-state index in [0.717, 1.165) is 12.8 Å². The van der Waals surface area contributed by atoms with Gasteiger partial charge in [0.25, 0.3) is 0 Å². The first-order valence-electron chi connectivity index (χ1n) is 7.48. The fourth-order valence-corrected chi connectivity index (χ4v) is 3.47. The molecule has 2 rings (SSSR count). The zero-order chi connectivity index (χ0) is 15.5. The van der Waals surface area contributed by atoms with Crippen LogP contribution < -0.4 is 0 Å². The van der Waals surface area contributed by atoms with Crippen LogP contribution in [0.5, 0.6) is 0 Å². The second-order valence-corrected chi connectivity index (χ2v) is 8.02. The summed E-state index contributed by atoms with van der Waals surface area (Å²) in [5, 5.41) is 9.58. The lowest BCUT2D eigenvalue weighted by atomic mass is 9.83. The first-order valence-corrected chi connectivity index (χ1v) is 8.72. The third kappa shape index (κ3) is 4.18. The second kappa shape index (κ2) is 6.94. The van der Waals surface area contributed by atoms with Gasteiger partial charge in [-0.15, -0.1) is 0 Å². The number of aliphatic hydroxyl groups excluding tert-OH is 1. The van der Waals surface area contributed by atoms with Crippen molar-refractivity contribution in [2.24, 2.45) is 0 Å². The Labute approximate surface area is 141 Å². The third-order valence-corrected chi connectivity index (χ3v) is 5.85. The van der Waals surface area contributed by atoms with E-state index in [1.165, 1.54) is 5.56 Å². The van der Waals surface area contributed by atoms with Crippen molar-refractivity contribution < 1.29 is 14.6 Å². The van der Waals surface area contributed by atoms with Gasteiger partial charge < -0.3 is 14.6 Å². The summed E-state index contributed by atoms with van der Waals surface area (Å²) in [4.78, 5) is 0. The van der Waals surface area contributed by atoms with Crippen LogP contribution >= 0.6 is 22.6 Å². The van der Waals surface area contributed by atoms with Crippen LogP contribution in [0, 0.1) is 0 Å². The van der Waals surface area contributed by atoms with Crippen LogP contribution in [-0.2, 0) is 16.1 Å². The molecule has 1 aromatic carbocycles. The predicted molar refractivity (Wildman–Crippen MR) is 92.7 cm³/mol. The van der Waals surface area contributed by atoms with E-state index in [-0.39, 0.29) is 22.2 Å². The molecule has 4 heteroatoms. The van der Waals surface area contributed by atoms with Crippen LogP contribution in [0.15, 0.2) is 30.3 Å². The summed E-state index contributed by atoms with van der Waals surface area (Å²) >= 11 is 2.27. The van der Waals surface area contributed by atoms with Crippen molar-refractivity contribution in [1.29, 1.82) is 0 Å². The topological polar surface area (TPSA) is 38.7 Å². The Morgan fingerprint density at radius 1 is 1.33 bits per heavy atom. The van der Waals surface area contributed by atoms with E-state index in [4.69, 9.17) is 9.47 Å². The molecule has 0 saturated carbocycles. The van der Waals surface area contributed by atoms with Gasteiger partial charge in [0.05, 0.1) is 28.8 Å². The number of halogens is 1. The average Bonchev–Trinajstić information content (AvgIpc) is 2.45. The van der Waals surface area contributed by atoms with Crippen molar-refractivity contribution in [3.05, 3.63) is 35.9 Å². The maximum Gasteiger partial charge on any atom is 0.106 e. The Morgan fingerprint density at radius 2 is 2.00 bits per heavy atom. The van der Waals surface area contributed by atoms with Gasteiger partial charge in [-0.2, -0.15) is 0 Å². The smallest absolute Gasteiger partial charge is 0.106 e. The standard InChI is InChI=1S/C17H25IO3/c1-16(2)10-9-15(17(3,21-16)14(18)11-19)20-12-13-7-5-4-6-8-13/h4-8,14-15,19H,9-12H2,1-3H3/t14?,15-,17-/m0/s1. The molecule has 0 radical (unpaired) electrons. The lowest BCUT2D eigenvalue weighted by Crippen LogP contribution is -2.59. The zero-order valence-corrected chi connectivity index (χ0v) is 15.2. The lowest BCUT2D eigenvalue weighted by Gasteiger charge is -2.50. The molecule has 0 aliphatic carbocycles. The zero-order valence-electron chi connectivity index (χ0n) is 13.0. The van der Waals surface area contributed by atoms with Gasteiger partial charge in [-0.25, -0.2) is 0 Å². The SMILES string of the molecule is CC1(C)CC[C@H](OCc2ccccc2)[C@](C)(C(I)CO)O1. The van der Waals surface area contributed by atoms with Gasteiger partial charge in [0.2, 0.25) is 0 Å². The van der Waals surface area contributed by atoms with Crippen LogP contribution in [-0.4, -0.2) is 32.9 Å². The number of ether oxygens (including phenoxy) is 2. The Kier molecular flexibility index (Phi) is 5.68. The van der Waals surface area contributed by atoms with Gasteiger partial charge in [0.1, 0.15) is 5.60 Å². The quantitative estimate of drug-likeness (QED) is 0.601. The van der Waals surface area contributed by atoms with Crippen molar-refractivity contribution in [3.63, 3.8) is 0 Å². The highest BCUT2D eigenvalue weighted by Gasteiger charge is 2.49. The average molecular weight is 404 g/mol. The lowest BCUT2D eigenvalue weighted by molar-refractivity contribution is -0.231. The van der Waals surface area contributed by atoms with Gasteiger partial charge in [-0.05, 0) is 39.2 Å². The molecule has 1 saturated heterocycles. The summed E-state index contributed by atoms with van der Waals surface area (Å²) in [5.41, 5.74) is 0.532. The molecular formula is C17H25IO3. The highest BCUT2D eigenvalue weighted by atomic mass is 127. The molecule has 3 atom stereocenters. The van der Waals surface area contributed by atoms with Gasteiger partial charge >= 0.3 is 0 Å². The molecule has 3 nitrogen and oxygen atoms in total. The van der Waals surface area contributed by atoms with Crippen molar-refractivity contribution in [1.82, 2.24) is 0 Å². The minimum absolute atomic E-state index is 0.000203. The molecule has 0 bridgehead atoms. The number of rotatable bonds is 5. The maximum absolute atomic E-state index is 9.58. The molecule has 21 heavy (non-hydrogen) atoms. The summed E-state index contributed by atoms with van der Waals surface area (Å²) < 4.78 is 12.5. The van der Waals surface area contributed by atoms with E-state index < -0.39 is 5.60 Å². The number of aliphatic hydroxyl groups is 1. The molecule has 1 aliphatic rings. The van der Waals surface area contributed by atoms with Gasteiger partial charge in [0.15, 0.2) is 0 Å². The Morgan fingerprint density at radius 3 is 2.62 bits per heavy atom. The highest BCUT2D eigenvalue weighted by molar-refractivity contribution is 14.1. The van der Waals surface area contributed by atoms with Gasteiger partial charge in [0, 0.05) is 0 Å². The molecule has 118 valence electrons. The maximum atomic E-state index is 9.58. The Hall–Kier alpha value is -0.170. The van der Waals surface area contributed by atoms with Crippen LogP contribution in [0.2, 0.25) is 0 Å². The fraction of sp³-hybridized carbons (Fsp3) is 0.647. The number of benzene rings is 1. The monoisotopic (exact) mass is 404 g/mol. The van der Waals surface area contributed by atoms with Crippen molar-refractivity contribution in [2.45, 2.75) is 61.5 Å². The minimum Gasteiger partial charge on any atom is -0.395 e. The molecule has 1 heterocycles. The molecule has 1 N–H and O–H groups in total. The van der Waals surface area contributed by atoms with E-state index in [1.54, 1.807) is 0 Å². The van der Waals surface area contributed by atoms with Crippen LogP contribution in [0.4, 0.5) is 0 Å². The molecule has 0 spiro atoms. The summed E-state index contributed by atoms with van der Waals surface area (Å²) in [6.07, 6.45) is 1.92. The van der Waals surface area contributed by atoms with Crippen molar-refractivity contribution >= 4 is 22.6 Å². The summed E-state index contributed by atoms with van der Waals surface area (Å²) in [6.45, 7) is 6.97. The third-order valence-electron chi connectivity index (χ3n) is 4.22. The second-order valence-electron chi connectivity index (χ2n) is 6.52. The van der Waals surface area contributed by atoms with E-state index in [2.05, 4.69) is 55.5 Å². The van der Waals surface area contributed by atoms with E-state index in [0.29, 0.717) is 6.61 Å². The molecule has 1 aromatic rings. The van der Waals surface area contributed by atoms with Crippen LogP contribution in [0.25, 0.3) is 0 Å². The van der Waals surface area contributed by atoms with Crippen LogP contribution in [0.3, 0.4) is 0 Å². The van der Waals surface area contributed by atoms with Gasteiger partial charge in [-0.1, -0.05) is 52.9 Å². The van der Waals surface area contributed by atoms with Crippen LogP contribution in [0.1, 0.15) is 39.2 Å². The number of hydrogen-bond acceptors (Lipinski definition) is 3. The van der Waals surface area contributed by atoms with E-state index in [9.17, 15) is 5.11 Å². The molecule has 1 unspecified atom stereocenters.